The van der Waals surface area contributed by atoms with Gasteiger partial charge in [-0.15, -0.1) is 0 Å². The maximum absolute atomic E-state index is 13.2. The Balaban J connectivity index is 1.54. The molecule has 0 N–H and O–H groups in total. The molecule has 148 valence electrons. The number of carbonyl (C=O) groups excluding carboxylic acids is 1. The summed E-state index contributed by atoms with van der Waals surface area (Å²) in [6, 6.07) is 8.43. The van der Waals surface area contributed by atoms with Crippen LogP contribution >= 0.6 is 0 Å². The minimum absolute atomic E-state index is 0.216. The summed E-state index contributed by atoms with van der Waals surface area (Å²) in [4.78, 5) is 22.4. The van der Waals surface area contributed by atoms with Gasteiger partial charge in [0.25, 0.3) is 0 Å². The van der Waals surface area contributed by atoms with Gasteiger partial charge in [0.05, 0.1) is 18.0 Å². The Morgan fingerprint density at radius 2 is 2.14 bits per heavy atom. The molecule has 2 aromatic heterocycles. The summed E-state index contributed by atoms with van der Waals surface area (Å²) in [6.45, 7) is 2.99. The topological polar surface area (TPSA) is 50.6 Å². The Morgan fingerprint density at radius 3 is 2.96 bits per heavy atom. The minimum Gasteiger partial charge on any atom is -0.383 e. The third-order valence-electron chi connectivity index (χ3n) is 6.81. The van der Waals surface area contributed by atoms with Crippen molar-refractivity contribution in [3.05, 3.63) is 42.4 Å². The largest absolute Gasteiger partial charge is 0.383 e. The summed E-state index contributed by atoms with van der Waals surface area (Å²) in [5.74, 6) is 1.55. The Labute approximate surface area is 166 Å². The number of likely N-dealkylation sites (tertiary alicyclic amines) is 1. The van der Waals surface area contributed by atoms with Crippen molar-refractivity contribution in [3.8, 4) is 5.82 Å². The van der Waals surface area contributed by atoms with Crippen LogP contribution in [0.5, 0.6) is 0 Å². The first-order valence-electron chi connectivity index (χ1n) is 10.4. The molecule has 1 saturated heterocycles. The number of methoxy groups -OCH3 is 1. The lowest BCUT2D eigenvalue weighted by atomic mass is 9.89. The van der Waals surface area contributed by atoms with Gasteiger partial charge >= 0.3 is 0 Å². The van der Waals surface area contributed by atoms with E-state index < -0.39 is 0 Å². The molecule has 3 aliphatic rings. The number of nitrogens with zero attached hydrogens (tertiary/aromatic N) is 4. The molecule has 0 aromatic carbocycles. The maximum Gasteiger partial charge on any atom is 0.225 e. The quantitative estimate of drug-likeness (QED) is 0.818. The Kier molecular flexibility index (Phi) is 4.38. The lowest BCUT2D eigenvalue weighted by molar-refractivity contribution is -0.134. The van der Waals surface area contributed by atoms with E-state index in [4.69, 9.17) is 4.74 Å². The van der Waals surface area contributed by atoms with Crippen LogP contribution in [0.1, 0.15) is 37.8 Å². The zero-order valence-corrected chi connectivity index (χ0v) is 16.5. The molecular formula is C22H28N4O2. The fourth-order valence-corrected chi connectivity index (χ4v) is 5.46. The van der Waals surface area contributed by atoms with Crippen LogP contribution in [0.2, 0.25) is 0 Å². The zero-order valence-electron chi connectivity index (χ0n) is 16.5. The number of carbonyl (C=O) groups is 1. The summed E-state index contributed by atoms with van der Waals surface area (Å²) in [5.41, 5.74) is 2.14. The van der Waals surface area contributed by atoms with Crippen LogP contribution in [-0.4, -0.2) is 53.7 Å². The minimum atomic E-state index is -0.216. The molecule has 0 bridgehead atoms. The van der Waals surface area contributed by atoms with E-state index in [0.29, 0.717) is 12.5 Å². The number of hydrogen-bond acceptors (Lipinski definition) is 4. The van der Waals surface area contributed by atoms with Crippen molar-refractivity contribution >= 4 is 11.6 Å². The zero-order chi connectivity index (χ0) is 19.1. The van der Waals surface area contributed by atoms with Crippen LogP contribution < -0.4 is 4.90 Å². The molecule has 28 heavy (non-hydrogen) atoms. The standard InChI is InChI=1S/C22H28N4O2/c1-28-15-14-26-18-8-4-11-23-20(18)25-12-5-9-19(25)22(26)10-13-24(16-22)21(27)17-6-2-3-7-17/h4-5,8-9,11-12,17H,2-3,6-7,10,13-16H2,1H3/t22-/m1/s1. The third-order valence-corrected chi connectivity index (χ3v) is 6.81. The molecule has 0 radical (unpaired) electrons. The highest BCUT2D eigenvalue weighted by Crippen LogP contribution is 2.47. The van der Waals surface area contributed by atoms with E-state index in [2.05, 4.69) is 43.7 Å². The SMILES string of the molecule is COCCN1c2cccnc2-n2cccc2[C@]12CCN(C(=O)C1CCCC1)C2. The molecule has 0 unspecified atom stereocenters. The molecule has 1 amide bonds. The van der Waals surface area contributed by atoms with Crippen LogP contribution in [0.4, 0.5) is 5.69 Å². The molecule has 1 spiro atoms. The first kappa shape index (κ1) is 17.7. The van der Waals surface area contributed by atoms with Gasteiger partial charge in [-0.2, -0.15) is 0 Å². The molecule has 2 aromatic rings. The van der Waals surface area contributed by atoms with Gasteiger partial charge in [-0.05, 0) is 43.5 Å². The molecule has 6 nitrogen and oxygen atoms in total. The van der Waals surface area contributed by atoms with Gasteiger partial charge in [0.15, 0.2) is 5.82 Å². The first-order valence-corrected chi connectivity index (χ1v) is 10.4. The van der Waals surface area contributed by atoms with E-state index in [1.807, 2.05) is 12.3 Å². The summed E-state index contributed by atoms with van der Waals surface area (Å²) >= 11 is 0. The van der Waals surface area contributed by atoms with Gasteiger partial charge in [-0.25, -0.2) is 4.98 Å². The molecule has 2 aliphatic heterocycles. The van der Waals surface area contributed by atoms with Crippen molar-refractivity contribution in [3.63, 3.8) is 0 Å². The molecule has 1 saturated carbocycles. The van der Waals surface area contributed by atoms with Crippen LogP contribution in [0.15, 0.2) is 36.7 Å². The number of amides is 1. The second-order valence-electron chi connectivity index (χ2n) is 8.28. The van der Waals surface area contributed by atoms with Crippen LogP contribution in [-0.2, 0) is 15.1 Å². The number of pyridine rings is 1. The van der Waals surface area contributed by atoms with Crippen LogP contribution in [0.25, 0.3) is 5.82 Å². The lowest BCUT2D eigenvalue weighted by Gasteiger charge is -2.47. The summed E-state index contributed by atoms with van der Waals surface area (Å²) < 4.78 is 7.65. The fraction of sp³-hybridized carbons (Fsp3) is 0.545. The Morgan fingerprint density at radius 1 is 1.29 bits per heavy atom. The summed E-state index contributed by atoms with van der Waals surface area (Å²) in [7, 11) is 1.74. The number of aromatic nitrogens is 2. The number of hydrogen-bond donors (Lipinski definition) is 0. The number of anilines is 1. The molecule has 1 atom stereocenters. The van der Waals surface area contributed by atoms with Gasteiger partial charge in [0.1, 0.15) is 5.54 Å². The monoisotopic (exact) mass is 380 g/mol. The highest BCUT2D eigenvalue weighted by atomic mass is 16.5. The van der Waals surface area contributed by atoms with E-state index in [1.54, 1.807) is 7.11 Å². The fourth-order valence-electron chi connectivity index (χ4n) is 5.46. The predicted octanol–water partition coefficient (Wildman–Crippen LogP) is 2.96. The van der Waals surface area contributed by atoms with Gasteiger partial charge in [0.2, 0.25) is 5.91 Å². The molecule has 5 rings (SSSR count). The molecule has 1 aliphatic carbocycles. The van der Waals surface area contributed by atoms with Gasteiger partial charge in [-0.1, -0.05) is 12.8 Å². The van der Waals surface area contributed by atoms with Gasteiger partial charge in [0, 0.05) is 45.1 Å². The van der Waals surface area contributed by atoms with Crippen LogP contribution in [0.3, 0.4) is 0 Å². The third kappa shape index (κ3) is 2.58. The molecular weight excluding hydrogens is 352 g/mol. The van der Waals surface area contributed by atoms with Crippen molar-refractivity contribution in [2.75, 3.05) is 38.3 Å². The van der Waals surface area contributed by atoms with Crippen molar-refractivity contribution < 1.29 is 9.53 Å². The first-order chi connectivity index (χ1) is 13.7. The average Bonchev–Trinajstić information content (AvgIpc) is 3.48. The second-order valence-corrected chi connectivity index (χ2v) is 8.28. The Bertz CT molecular complexity index is 873. The van der Waals surface area contributed by atoms with Crippen molar-refractivity contribution in [1.29, 1.82) is 0 Å². The number of fused-ring (bicyclic) bond motifs is 4. The average molecular weight is 380 g/mol. The van der Waals surface area contributed by atoms with Crippen molar-refractivity contribution in [1.82, 2.24) is 14.5 Å². The van der Waals surface area contributed by atoms with Crippen LogP contribution in [0, 0.1) is 5.92 Å². The molecule has 6 heteroatoms. The highest BCUT2D eigenvalue weighted by Gasteiger charge is 2.51. The van der Waals surface area contributed by atoms with Crippen molar-refractivity contribution in [2.24, 2.45) is 5.92 Å². The van der Waals surface area contributed by atoms with Gasteiger partial charge in [-0.3, -0.25) is 4.79 Å². The van der Waals surface area contributed by atoms with E-state index >= 15 is 0 Å². The van der Waals surface area contributed by atoms with E-state index in [9.17, 15) is 4.79 Å². The van der Waals surface area contributed by atoms with E-state index in [-0.39, 0.29) is 11.5 Å². The highest BCUT2D eigenvalue weighted by molar-refractivity contribution is 5.80. The normalized spacial score (nSPS) is 24.0. The number of ether oxygens (including phenoxy) is 1. The smallest absolute Gasteiger partial charge is 0.225 e. The number of rotatable bonds is 4. The van der Waals surface area contributed by atoms with Gasteiger partial charge < -0.3 is 19.1 Å². The molecule has 2 fully saturated rings. The summed E-state index contributed by atoms with van der Waals surface area (Å²) in [5, 5.41) is 0. The Hall–Kier alpha value is -2.34. The second kappa shape index (κ2) is 6.92. The predicted molar refractivity (Wildman–Crippen MR) is 108 cm³/mol. The maximum atomic E-state index is 13.2. The van der Waals surface area contributed by atoms with E-state index in [1.165, 1.54) is 18.5 Å². The molecule has 4 heterocycles. The summed E-state index contributed by atoms with van der Waals surface area (Å²) in [6.07, 6.45) is 9.37. The van der Waals surface area contributed by atoms with Crippen molar-refractivity contribution in [2.45, 2.75) is 37.6 Å². The van der Waals surface area contributed by atoms with E-state index in [0.717, 1.165) is 50.4 Å². The lowest BCUT2D eigenvalue weighted by Crippen LogP contribution is -2.54.